The van der Waals surface area contributed by atoms with E-state index in [9.17, 15) is 9.59 Å². The monoisotopic (exact) mass is 403 g/mol. The van der Waals surface area contributed by atoms with Crippen LogP contribution >= 0.6 is 15.9 Å². The number of esters is 1. The Bertz CT molecular complexity index is 731. The molecular formula is C20H22BrNO3. The summed E-state index contributed by atoms with van der Waals surface area (Å²) in [5, 5.41) is 3.02. The molecule has 4 nitrogen and oxygen atoms in total. The molecule has 2 aromatic rings. The smallest absolute Gasteiger partial charge is 0.325 e. The fourth-order valence-corrected chi connectivity index (χ4v) is 2.86. The first kappa shape index (κ1) is 19.2. The zero-order chi connectivity index (χ0) is 18.2. The number of ether oxygens (including phenoxy) is 1. The van der Waals surface area contributed by atoms with Crippen molar-refractivity contribution < 1.29 is 14.3 Å². The normalized spacial score (nSPS) is 11.6. The zero-order valence-corrected chi connectivity index (χ0v) is 16.0. The highest BCUT2D eigenvalue weighted by molar-refractivity contribution is 9.10. The molecule has 5 heteroatoms. The Balaban J connectivity index is 2.11. The summed E-state index contributed by atoms with van der Waals surface area (Å²) in [5.41, 5.74) is 1.72. The minimum absolute atomic E-state index is 0.0186. The van der Waals surface area contributed by atoms with Crippen molar-refractivity contribution in [3.63, 3.8) is 0 Å². The van der Waals surface area contributed by atoms with Crippen molar-refractivity contribution in [1.29, 1.82) is 0 Å². The number of hydrogen-bond donors (Lipinski definition) is 1. The number of ketones is 1. The maximum Gasteiger partial charge on any atom is 0.325 e. The van der Waals surface area contributed by atoms with Crippen molar-refractivity contribution in [2.75, 3.05) is 11.9 Å². The lowest BCUT2D eigenvalue weighted by Crippen LogP contribution is -2.22. The van der Waals surface area contributed by atoms with Gasteiger partial charge in [0.2, 0.25) is 0 Å². The fourth-order valence-electron chi connectivity index (χ4n) is 2.50. The van der Waals surface area contributed by atoms with Gasteiger partial charge in [0.05, 0.1) is 6.10 Å². The molecule has 0 spiro atoms. The van der Waals surface area contributed by atoms with Gasteiger partial charge in [-0.25, -0.2) is 0 Å². The molecule has 2 aromatic carbocycles. The predicted molar refractivity (Wildman–Crippen MR) is 103 cm³/mol. The quantitative estimate of drug-likeness (QED) is 0.506. The molecule has 1 unspecified atom stereocenters. The van der Waals surface area contributed by atoms with Gasteiger partial charge in [-0.3, -0.25) is 9.59 Å². The summed E-state index contributed by atoms with van der Waals surface area (Å²) in [5.74, 6) is -0.431. The molecule has 0 saturated heterocycles. The van der Waals surface area contributed by atoms with Crippen molar-refractivity contribution >= 4 is 33.4 Å². The van der Waals surface area contributed by atoms with Crippen LogP contribution in [0.15, 0.2) is 53.0 Å². The fraction of sp³-hybridized carbons (Fsp3) is 0.300. The van der Waals surface area contributed by atoms with E-state index in [1.54, 1.807) is 24.3 Å². The van der Waals surface area contributed by atoms with Gasteiger partial charge in [-0.1, -0.05) is 59.6 Å². The molecule has 1 atom stereocenters. The molecule has 0 aliphatic rings. The first-order valence-electron chi connectivity index (χ1n) is 8.34. The SMILES string of the molecule is CCCC(C)OC(=O)CNc1ccc(Br)cc1C(=O)c1ccccc1. The van der Waals surface area contributed by atoms with Crippen molar-refractivity contribution in [3.05, 3.63) is 64.1 Å². The van der Waals surface area contributed by atoms with Crippen LogP contribution in [0.3, 0.4) is 0 Å². The van der Waals surface area contributed by atoms with E-state index < -0.39 is 0 Å². The molecule has 0 radical (unpaired) electrons. The Morgan fingerprint density at radius 2 is 1.88 bits per heavy atom. The lowest BCUT2D eigenvalue weighted by Gasteiger charge is -2.14. The van der Waals surface area contributed by atoms with Crippen LogP contribution in [0.2, 0.25) is 0 Å². The van der Waals surface area contributed by atoms with Crippen molar-refractivity contribution in [2.45, 2.75) is 32.8 Å². The third-order valence-corrected chi connectivity index (χ3v) is 4.21. The van der Waals surface area contributed by atoms with Crippen LogP contribution in [0.25, 0.3) is 0 Å². The van der Waals surface area contributed by atoms with Gasteiger partial charge in [-0.15, -0.1) is 0 Å². The molecule has 0 aliphatic heterocycles. The Hall–Kier alpha value is -2.14. The molecule has 0 aliphatic carbocycles. The van der Waals surface area contributed by atoms with Crippen LogP contribution in [-0.2, 0) is 9.53 Å². The summed E-state index contributed by atoms with van der Waals surface area (Å²) in [6, 6.07) is 14.4. The number of anilines is 1. The average molecular weight is 404 g/mol. The highest BCUT2D eigenvalue weighted by atomic mass is 79.9. The van der Waals surface area contributed by atoms with Crippen LogP contribution in [0.4, 0.5) is 5.69 Å². The van der Waals surface area contributed by atoms with Crippen molar-refractivity contribution in [3.8, 4) is 0 Å². The van der Waals surface area contributed by atoms with E-state index in [0.29, 0.717) is 16.8 Å². The van der Waals surface area contributed by atoms with Gasteiger partial charge in [0.25, 0.3) is 0 Å². The van der Waals surface area contributed by atoms with Crippen LogP contribution in [-0.4, -0.2) is 24.4 Å². The van der Waals surface area contributed by atoms with Gasteiger partial charge in [-0.05, 0) is 31.5 Å². The topological polar surface area (TPSA) is 55.4 Å². The van der Waals surface area contributed by atoms with Crippen LogP contribution < -0.4 is 5.32 Å². The average Bonchev–Trinajstić information content (AvgIpc) is 2.61. The molecule has 132 valence electrons. The maximum atomic E-state index is 12.7. The number of benzene rings is 2. The first-order chi connectivity index (χ1) is 12.0. The van der Waals surface area contributed by atoms with E-state index in [1.165, 1.54) is 0 Å². The van der Waals surface area contributed by atoms with Gasteiger partial charge in [-0.2, -0.15) is 0 Å². The standard InChI is InChI=1S/C20H22BrNO3/c1-3-7-14(2)25-19(23)13-22-18-11-10-16(21)12-17(18)20(24)15-8-5-4-6-9-15/h4-6,8-12,14,22H,3,7,13H2,1-2H3. The predicted octanol–water partition coefficient (Wildman–Crippen LogP) is 4.82. The van der Waals surface area contributed by atoms with Crippen molar-refractivity contribution in [1.82, 2.24) is 0 Å². The number of hydrogen-bond acceptors (Lipinski definition) is 4. The van der Waals surface area contributed by atoms with E-state index in [0.717, 1.165) is 17.3 Å². The molecule has 0 amide bonds. The highest BCUT2D eigenvalue weighted by Crippen LogP contribution is 2.24. The lowest BCUT2D eigenvalue weighted by molar-refractivity contribution is -0.146. The third kappa shape index (κ3) is 5.71. The Morgan fingerprint density at radius 1 is 1.16 bits per heavy atom. The second-order valence-corrected chi connectivity index (χ2v) is 6.74. The van der Waals surface area contributed by atoms with E-state index in [4.69, 9.17) is 4.74 Å². The molecule has 2 rings (SSSR count). The molecule has 0 bridgehead atoms. The summed E-state index contributed by atoms with van der Waals surface area (Å²) in [6.07, 6.45) is 1.70. The Labute approximate surface area is 156 Å². The van der Waals surface area contributed by atoms with Crippen LogP contribution in [0, 0.1) is 0 Å². The summed E-state index contributed by atoms with van der Waals surface area (Å²) in [7, 11) is 0. The molecule has 0 saturated carbocycles. The molecule has 0 heterocycles. The van der Waals surface area contributed by atoms with Crippen LogP contribution in [0.1, 0.15) is 42.6 Å². The zero-order valence-electron chi connectivity index (χ0n) is 14.4. The molecule has 0 fully saturated rings. The van der Waals surface area contributed by atoms with Gasteiger partial charge in [0.15, 0.2) is 5.78 Å². The summed E-state index contributed by atoms with van der Waals surface area (Å²) in [4.78, 5) is 24.7. The largest absolute Gasteiger partial charge is 0.461 e. The first-order valence-corrected chi connectivity index (χ1v) is 9.13. The summed E-state index contributed by atoms with van der Waals surface area (Å²) >= 11 is 3.40. The number of carbonyl (C=O) groups is 2. The molecule has 1 N–H and O–H groups in total. The highest BCUT2D eigenvalue weighted by Gasteiger charge is 2.15. The minimum Gasteiger partial charge on any atom is -0.461 e. The summed E-state index contributed by atoms with van der Waals surface area (Å²) < 4.78 is 6.13. The second-order valence-electron chi connectivity index (χ2n) is 5.83. The van der Waals surface area contributed by atoms with E-state index in [-0.39, 0.29) is 24.4 Å². The minimum atomic E-state index is -0.332. The van der Waals surface area contributed by atoms with Gasteiger partial charge in [0, 0.05) is 21.3 Å². The molecule has 25 heavy (non-hydrogen) atoms. The van der Waals surface area contributed by atoms with Gasteiger partial charge < -0.3 is 10.1 Å². The van der Waals surface area contributed by atoms with Crippen LogP contribution in [0.5, 0.6) is 0 Å². The van der Waals surface area contributed by atoms with Crippen molar-refractivity contribution in [2.24, 2.45) is 0 Å². The van der Waals surface area contributed by atoms with E-state index in [2.05, 4.69) is 21.2 Å². The Kier molecular flexibility index (Phi) is 7.19. The Morgan fingerprint density at radius 3 is 2.56 bits per heavy atom. The number of nitrogens with one attached hydrogen (secondary N) is 1. The molecular weight excluding hydrogens is 382 g/mol. The molecule has 0 aromatic heterocycles. The van der Waals surface area contributed by atoms with Gasteiger partial charge >= 0.3 is 5.97 Å². The van der Waals surface area contributed by atoms with E-state index >= 15 is 0 Å². The summed E-state index contributed by atoms with van der Waals surface area (Å²) in [6.45, 7) is 3.95. The van der Waals surface area contributed by atoms with Gasteiger partial charge in [0.1, 0.15) is 6.54 Å². The maximum absolute atomic E-state index is 12.7. The number of halogens is 1. The number of carbonyl (C=O) groups excluding carboxylic acids is 2. The van der Waals surface area contributed by atoms with E-state index in [1.807, 2.05) is 38.1 Å². The lowest BCUT2D eigenvalue weighted by atomic mass is 10.0. The third-order valence-electron chi connectivity index (χ3n) is 3.71. The number of rotatable bonds is 8. The second kappa shape index (κ2) is 9.37.